The SMILES string of the molecule is CCC(CC(CO)C(N)=O)C(=O)CCC(=O)C(CC(=O)O)NCCNC(=O)C(CC)N=C1C(CCCN)C1C(=O)CN=C1CCOC(=O)C(CC(=O)c2ccccc2N)NC(=O)CC(C)CC1. The summed E-state index contributed by atoms with van der Waals surface area (Å²) in [5.74, 6) is -7.38. The van der Waals surface area contributed by atoms with Crippen molar-refractivity contribution in [3.05, 3.63) is 29.8 Å². The number of aliphatic carboxylic acids is 1. The molecule has 0 radical (unpaired) electrons. The minimum absolute atomic E-state index is 0.0206. The maximum Gasteiger partial charge on any atom is 0.329 e. The van der Waals surface area contributed by atoms with Crippen LogP contribution in [0.25, 0.3) is 0 Å². The number of primary amides is 1. The molecule has 3 rings (SSSR count). The van der Waals surface area contributed by atoms with Crippen molar-refractivity contribution in [3.8, 4) is 0 Å². The summed E-state index contributed by atoms with van der Waals surface area (Å²) in [5.41, 5.74) is 18.8. The van der Waals surface area contributed by atoms with Crippen molar-refractivity contribution in [2.24, 2.45) is 51.0 Å². The van der Waals surface area contributed by atoms with Crippen molar-refractivity contribution in [2.75, 3.05) is 45.1 Å². The third-order valence-electron chi connectivity index (χ3n) is 12.2. The number of carbonyl (C=O) groups excluding carboxylic acids is 8. The summed E-state index contributed by atoms with van der Waals surface area (Å²) in [6.07, 6.45) is 1.98. The van der Waals surface area contributed by atoms with Crippen molar-refractivity contribution < 1.29 is 58.1 Å². The first-order chi connectivity index (χ1) is 31.9. The fourth-order valence-corrected chi connectivity index (χ4v) is 8.10. The Morgan fingerprint density at radius 3 is 2.34 bits per heavy atom. The molecule has 20 nitrogen and oxygen atoms in total. The molecule has 0 spiro atoms. The number of benzene rings is 1. The van der Waals surface area contributed by atoms with Crippen molar-refractivity contribution in [1.82, 2.24) is 16.0 Å². The van der Waals surface area contributed by atoms with Gasteiger partial charge in [-0.2, -0.15) is 0 Å². The number of nitrogens with one attached hydrogen (secondary N) is 3. The predicted octanol–water partition coefficient (Wildman–Crippen LogP) is 1.27. The number of esters is 1. The Bertz CT molecular complexity index is 1990. The minimum Gasteiger partial charge on any atom is -0.481 e. The number of para-hydroxylation sites is 1. The number of cyclic esters (lactones) is 1. The van der Waals surface area contributed by atoms with Gasteiger partial charge in [-0.3, -0.25) is 48.3 Å². The molecule has 1 heterocycles. The number of aliphatic imine (C=N–C) groups is 2. The van der Waals surface area contributed by atoms with Gasteiger partial charge in [0.05, 0.1) is 44.1 Å². The number of nitrogens with zero attached hydrogens (tertiary/aromatic N) is 2. The quantitative estimate of drug-likeness (QED) is 0.0254. The summed E-state index contributed by atoms with van der Waals surface area (Å²) in [4.78, 5) is 124. The summed E-state index contributed by atoms with van der Waals surface area (Å²) >= 11 is 0. The van der Waals surface area contributed by atoms with Gasteiger partial charge >= 0.3 is 11.9 Å². The number of carboxylic acids is 1. The molecule has 8 unspecified atom stereocenters. The molecule has 2 fully saturated rings. The lowest BCUT2D eigenvalue weighted by atomic mass is 9.87. The molecule has 1 aliphatic carbocycles. The molecule has 1 aromatic carbocycles. The fraction of sp³-hybridized carbons (Fsp3) is 0.638. The van der Waals surface area contributed by atoms with E-state index in [9.17, 15) is 53.4 Å². The van der Waals surface area contributed by atoms with E-state index in [-0.39, 0.29) is 99.4 Å². The van der Waals surface area contributed by atoms with Gasteiger partial charge in [0.2, 0.25) is 17.7 Å². The van der Waals surface area contributed by atoms with E-state index in [0.717, 1.165) is 0 Å². The zero-order chi connectivity index (χ0) is 49.6. The molecule has 8 atom stereocenters. The number of anilines is 1. The van der Waals surface area contributed by atoms with Crippen LogP contribution < -0.4 is 33.2 Å². The monoisotopic (exact) mass is 939 g/mol. The zero-order valence-electron chi connectivity index (χ0n) is 39.0. The second kappa shape index (κ2) is 28.4. The normalized spacial score (nSPS) is 21.9. The molecule has 370 valence electrons. The number of ketones is 4. The first-order valence-electron chi connectivity index (χ1n) is 23.3. The Morgan fingerprint density at radius 2 is 1.70 bits per heavy atom. The van der Waals surface area contributed by atoms with Gasteiger partial charge in [-0.05, 0) is 69.5 Å². The number of rotatable bonds is 28. The molecule has 1 aliphatic heterocycles. The molecule has 0 bridgehead atoms. The number of hydrogen-bond donors (Lipinski definition) is 8. The highest BCUT2D eigenvalue weighted by atomic mass is 16.5. The molecule has 11 N–H and O–H groups in total. The number of aliphatic hydroxyl groups excluding tert-OH is 1. The van der Waals surface area contributed by atoms with Gasteiger partial charge < -0.3 is 48.1 Å². The lowest BCUT2D eigenvalue weighted by molar-refractivity contribution is -0.147. The zero-order valence-corrected chi connectivity index (χ0v) is 39.0. The Kier molecular flexibility index (Phi) is 23.6. The van der Waals surface area contributed by atoms with Crippen molar-refractivity contribution in [2.45, 2.75) is 122 Å². The van der Waals surface area contributed by atoms with E-state index in [0.29, 0.717) is 56.5 Å². The van der Waals surface area contributed by atoms with Gasteiger partial charge in [0.15, 0.2) is 17.3 Å². The lowest BCUT2D eigenvalue weighted by Gasteiger charge is -2.20. The predicted molar refractivity (Wildman–Crippen MR) is 249 cm³/mol. The Labute approximate surface area is 391 Å². The largest absolute Gasteiger partial charge is 0.481 e. The van der Waals surface area contributed by atoms with Crippen molar-refractivity contribution >= 4 is 69.9 Å². The van der Waals surface area contributed by atoms with E-state index in [1.807, 2.05) is 6.92 Å². The molecule has 1 saturated carbocycles. The van der Waals surface area contributed by atoms with Crippen LogP contribution in [0.1, 0.15) is 115 Å². The number of aliphatic hydroxyl groups is 1. The number of nitrogens with two attached hydrogens (primary N) is 3. The third kappa shape index (κ3) is 18.5. The average molecular weight is 939 g/mol. The Hall–Kier alpha value is -5.73. The Balaban J connectivity index is 1.60. The van der Waals surface area contributed by atoms with Crippen LogP contribution in [0.2, 0.25) is 0 Å². The molecule has 3 amide bonds. The molecule has 0 aromatic heterocycles. The molecule has 20 heteroatoms. The highest BCUT2D eigenvalue weighted by molar-refractivity contribution is 6.20. The van der Waals surface area contributed by atoms with Gasteiger partial charge in [0.25, 0.3) is 0 Å². The third-order valence-corrected chi connectivity index (χ3v) is 12.2. The van der Waals surface area contributed by atoms with Crippen LogP contribution in [0, 0.1) is 29.6 Å². The van der Waals surface area contributed by atoms with E-state index < -0.39 is 90.1 Å². The summed E-state index contributed by atoms with van der Waals surface area (Å²) < 4.78 is 5.50. The number of amides is 3. The van der Waals surface area contributed by atoms with Crippen LogP contribution in [0.4, 0.5) is 5.69 Å². The highest BCUT2D eigenvalue weighted by Gasteiger charge is 2.50. The number of ether oxygens (including phenoxy) is 1. The molecular formula is C47H70N8O12. The summed E-state index contributed by atoms with van der Waals surface area (Å²) in [6, 6.07) is 3.27. The lowest BCUT2D eigenvalue weighted by Crippen LogP contribution is -2.44. The smallest absolute Gasteiger partial charge is 0.329 e. The standard InChI is InChI=1S/C47H70N8O12/c1-4-28(22-29(26-56)45(50)64)37(57)14-15-38(58)35(24-42(62)63)51-18-19-52-46(65)34(5-2)55-44-32(10-8-17-48)43(44)40(60)25-53-30-13-12-27(3)21-41(61)54-36(47(66)67-20-16-30)23-39(59)31-9-6-7-11-33(31)49/h6-7,9,11,27-29,32,34-36,43,51,56H,4-5,8,10,12-26,48-49H2,1-3H3,(H2,50,64)(H,52,65)(H,54,61)(H,62,63). The van der Waals surface area contributed by atoms with E-state index in [2.05, 4.69) is 20.9 Å². The fourth-order valence-electron chi connectivity index (χ4n) is 8.10. The van der Waals surface area contributed by atoms with Gasteiger partial charge in [0, 0.05) is 79.7 Å². The van der Waals surface area contributed by atoms with Gasteiger partial charge in [0.1, 0.15) is 17.9 Å². The van der Waals surface area contributed by atoms with E-state index in [4.69, 9.17) is 26.9 Å². The minimum atomic E-state index is -1.24. The average Bonchev–Trinajstić information content (AvgIpc) is 3.99. The van der Waals surface area contributed by atoms with Crippen LogP contribution in [-0.2, 0) is 43.1 Å². The first kappa shape index (κ1) is 55.6. The van der Waals surface area contributed by atoms with Gasteiger partial charge in [-0.1, -0.05) is 32.9 Å². The second-order valence-corrected chi connectivity index (χ2v) is 17.4. The topological polar surface area (TPSA) is 342 Å². The van der Waals surface area contributed by atoms with Gasteiger partial charge in [-0.15, -0.1) is 0 Å². The van der Waals surface area contributed by atoms with Crippen LogP contribution >= 0.6 is 0 Å². The summed E-state index contributed by atoms with van der Waals surface area (Å²) in [5, 5.41) is 27.2. The van der Waals surface area contributed by atoms with Gasteiger partial charge in [-0.25, -0.2) is 4.79 Å². The summed E-state index contributed by atoms with van der Waals surface area (Å²) in [7, 11) is 0. The maximum atomic E-state index is 13.7. The molecule has 67 heavy (non-hydrogen) atoms. The van der Waals surface area contributed by atoms with Crippen molar-refractivity contribution in [3.63, 3.8) is 0 Å². The molecule has 1 saturated heterocycles. The summed E-state index contributed by atoms with van der Waals surface area (Å²) in [6.45, 7) is 5.08. The van der Waals surface area contributed by atoms with Crippen LogP contribution in [0.3, 0.4) is 0 Å². The van der Waals surface area contributed by atoms with E-state index >= 15 is 0 Å². The molecule has 2 aliphatic rings. The van der Waals surface area contributed by atoms with E-state index in [1.54, 1.807) is 38.1 Å². The van der Waals surface area contributed by atoms with Crippen LogP contribution in [0.5, 0.6) is 0 Å². The number of Topliss-reactive ketones (excluding diaryl/α,β-unsaturated/α-hetero) is 4. The molecule has 1 aromatic rings. The van der Waals surface area contributed by atoms with Crippen LogP contribution in [-0.4, -0.2) is 132 Å². The maximum absolute atomic E-state index is 13.7. The van der Waals surface area contributed by atoms with E-state index in [1.165, 1.54) is 0 Å². The highest BCUT2D eigenvalue weighted by Crippen LogP contribution is 2.40. The molecular weight excluding hydrogens is 869 g/mol. The van der Waals surface area contributed by atoms with Crippen LogP contribution in [0.15, 0.2) is 34.3 Å². The number of hydrogen-bond acceptors (Lipinski definition) is 16. The second-order valence-electron chi connectivity index (χ2n) is 17.4. The first-order valence-corrected chi connectivity index (χ1v) is 23.3. The number of carboxylic acid groups (broad SMARTS) is 1. The Morgan fingerprint density at radius 1 is 0.985 bits per heavy atom. The number of carbonyl (C=O) groups is 9. The number of nitrogen functional groups attached to an aromatic ring is 1. The van der Waals surface area contributed by atoms with Crippen molar-refractivity contribution in [1.29, 1.82) is 0 Å².